The molecule has 0 radical (unpaired) electrons. The van der Waals surface area contributed by atoms with Crippen molar-refractivity contribution in [2.75, 3.05) is 5.73 Å². The van der Waals surface area contributed by atoms with Gasteiger partial charge in [0, 0.05) is 11.1 Å². The molecule has 4 nitrogen and oxygen atoms in total. The molecule has 7 heteroatoms. The van der Waals surface area contributed by atoms with Crippen molar-refractivity contribution >= 4 is 40.5 Å². The monoisotopic (exact) mass is 289 g/mol. The van der Waals surface area contributed by atoms with Crippen LogP contribution in [-0.4, -0.2) is 9.97 Å². The average Bonchev–Trinajstić information content (AvgIpc) is 2.28. The molecule has 17 heavy (non-hydrogen) atoms. The topological polar surface area (TPSA) is 61.0 Å². The van der Waals surface area contributed by atoms with Gasteiger partial charge in [0.05, 0.1) is 11.2 Å². The third-order valence-corrected chi connectivity index (χ3v) is 2.58. The summed E-state index contributed by atoms with van der Waals surface area (Å²) >= 11 is 17.4. The molecular formula is C10H6Cl3N3O. The van der Waals surface area contributed by atoms with Gasteiger partial charge in [-0.3, -0.25) is 0 Å². The largest absolute Gasteiger partial charge is 0.435 e. The van der Waals surface area contributed by atoms with E-state index in [1.165, 1.54) is 6.20 Å². The number of hydrogen-bond acceptors (Lipinski definition) is 4. The Morgan fingerprint density at radius 1 is 1.18 bits per heavy atom. The Kier molecular flexibility index (Phi) is 3.57. The molecule has 0 aliphatic rings. The number of nitrogens with zero attached hydrogens (tertiary/aromatic N) is 2. The van der Waals surface area contributed by atoms with Gasteiger partial charge in [-0.1, -0.05) is 23.2 Å². The molecule has 0 amide bonds. The number of rotatable bonds is 2. The van der Waals surface area contributed by atoms with E-state index in [-0.39, 0.29) is 16.9 Å². The Morgan fingerprint density at radius 2 is 1.94 bits per heavy atom. The number of aromatic nitrogens is 2. The van der Waals surface area contributed by atoms with E-state index in [1.807, 2.05) is 0 Å². The van der Waals surface area contributed by atoms with Gasteiger partial charge in [-0.2, -0.15) is 4.98 Å². The van der Waals surface area contributed by atoms with Crippen molar-refractivity contribution in [1.29, 1.82) is 0 Å². The van der Waals surface area contributed by atoms with Crippen LogP contribution in [0.15, 0.2) is 24.4 Å². The van der Waals surface area contributed by atoms with E-state index in [1.54, 1.807) is 18.2 Å². The highest BCUT2D eigenvalue weighted by Gasteiger charge is 2.09. The Morgan fingerprint density at radius 3 is 2.71 bits per heavy atom. The molecule has 1 aromatic heterocycles. The molecule has 0 saturated heterocycles. The van der Waals surface area contributed by atoms with E-state index >= 15 is 0 Å². The van der Waals surface area contributed by atoms with Gasteiger partial charge in [0.2, 0.25) is 11.2 Å². The molecule has 0 unspecified atom stereocenters. The number of halogens is 3. The van der Waals surface area contributed by atoms with Gasteiger partial charge >= 0.3 is 0 Å². The summed E-state index contributed by atoms with van der Waals surface area (Å²) in [6, 6.07) is 4.81. The van der Waals surface area contributed by atoms with E-state index in [0.29, 0.717) is 15.8 Å². The van der Waals surface area contributed by atoms with E-state index in [4.69, 9.17) is 45.3 Å². The van der Waals surface area contributed by atoms with Crippen LogP contribution in [0, 0.1) is 0 Å². The fourth-order valence-electron chi connectivity index (χ4n) is 1.10. The minimum Gasteiger partial charge on any atom is -0.435 e. The first-order valence-corrected chi connectivity index (χ1v) is 5.60. The SMILES string of the molecule is Nc1cnc(Cl)nc1Oc1cc(Cl)ccc1Cl. The fourth-order valence-corrected chi connectivity index (χ4v) is 1.54. The Labute approximate surface area is 112 Å². The number of nitrogen functional groups attached to an aromatic ring is 1. The van der Waals surface area contributed by atoms with Crippen LogP contribution in [0.1, 0.15) is 0 Å². The maximum Gasteiger partial charge on any atom is 0.247 e. The van der Waals surface area contributed by atoms with E-state index in [2.05, 4.69) is 9.97 Å². The maximum absolute atomic E-state index is 5.94. The second kappa shape index (κ2) is 4.96. The standard InChI is InChI=1S/C10H6Cl3N3O/c11-5-1-2-6(12)8(3-5)17-9-7(14)4-15-10(13)16-9/h1-4H,14H2. The van der Waals surface area contributed by atoms with Crippen LogP contribution in [0.4, 0.5) is 5.69 Å². The third-order valence-electron chi connectivity index (χ3n) is 1.85. The van der Waals surface area contributed by atoms with Crippen molar-refractivity contribution in [3.63, 3.8) is 0 Å². The molecule has 2 aromatic rings. The summed E-state index contributed by atoms with van der Waals surface area (Å²) in [5.74, 6) is 0.481. The second-order valence-electron chi connectivity index (χ2n) is 3.08. The number of benzene rings is 1. The average molecular weight is 291 g/mol. The summed E-state index contributed by atoms with van der Waals surface area (Å²) in [4.78, 5) is 7.56. The van der Waals surface area contributed by atoms with Gasteiger partial charge < -0.3 is 10.5 Å². The number of anilines is 1. The lowest BCUT2D eigenvalue weighted by Gasteiger charge is -2.08. The molecule has 0 aliphatic carbocycles. The number of nitrogens with two attached hydrogens (primary N) is 1. The quantitative estimate of drug-likeness (QED) is 0.854. The summed E-state index contributed by atoms with van der Waals surface area (Å²) in [7, 11) is 0. The van der Waals surface area contributed by atoms with Crippen molar-refractivity contribution in [2.24, 2.45) is 0 Å². The summed E-state index contributed by atoms with van der Waals surface area (Å²) < 4.78 is 5.42. The zero-order valence-corrected chi connectivity index (χ0v) is 10.6. The van der Waals surface area contributed by atoms with Crippen molar-refractivity contribution in [3.8, 4) is 11.6 Å². The number of ether oxygens (including phenoxy) is 1. The molecule has 88 valence electrons. The van der Waals surface area contributed by atoms with Crippen LogP contribution in [0.5, 0.6) is 11.6 Å². The zero-order valence-electron chi connectivity index (χ0n) is 8.32. The van der Waals surface area contributed by atoms with Crippen LogP contribution < -0.4 is 10.5 Å². The molecule has 0 bridgehead atoms. The Balaban J connectivity index is 2.37. The third kappa shape index (κ3) is 2.91. The van der Waals surface area contributed by atoms with Crippen molar-refractivity contribution in [1.82, 2.24) is 9.97 Å². The fraction of sp³-hybridized carbons (Fsp3) is 0. The first kappa shape index (κ1) is 12.2. The molecule has 1 aromatic carbocycles. The molecule has 2 N–H and O–H groups in total. The maximum atomic E-state index is 5.94. The van der Waals surface area contributed by atoms with Crippen molar-refractivity contribution < 1.29 is 4.74 Å². The van der Waals surface area contributed by atoms with Gasteiger partial charge in [-0.25, -0.2) is 4.98 Å². The summed E-state index contributed by atoms with van der Waals surface area (Å²) in [5, 5.41) is 0.916. The smallest absolute Gasteiger partial charge is 0.247 e. The highest BCUT2D eigenvalue weighted by Crippen LogP contribution is 2.33. The van der Waals surface area contributed by atoms with Crippen LogP contribution in [0.3, 0.4) is 0 Å². The van der Waals surface area contributed by atoms with Crippen LogP contribution >= 0.6 is 34.8 Å². The van der Waals surface area contributed by atoms with E-state index in [9.17, 15) is 0 Å². The predicted octanol–water partition coefficient (Wildman–Crippen LogP) is 3.81. The molecule has 2 rings (SSSR count). The van der Waals surface area contributed by atoms with Crippen LogP contribution in [0.25, 0.3) is 0 Å². The highest BCUT2D eigenvalue weighted by molar-refractivity contribution is 6.34. The van der Waals surface area contributed by atoms with Gasteiger partial charge in [-0.15, -0.1) is 0 Å². The molecule has 0 aliphatic heterocycles. The first-order valence-electron chi connectivity index (χ1n) is 4.47. The van der Waals surface area contributed by atoms with Crippen molar-refractivity contribution in [2.45, 2.75) is 0 Å². The minimum absolute atomic E-state index is 0.0346. The minimum atomic E-state index is 0.0346. The lowest BCUT2D eigenvalue weighted by atomic mass is 10.3. The summed E-state index contributed by atoms with van der Waals surface area (Å²) in [6.07, 6.45) is 1.35. The van der Waals surface area contributed by atoms with Gasteiger partial charge in [0.15, 0.2) is 0 Å². The molecule has 1 heterocycles. The summed E-state index contributed by atoms with van der Waals surface area (Å²) in [6.45, 7) is 0. The highest BCUT2D eigenvalue weighted by atomic mass is 35.5. The molecule has 0 saturated carbocycles. The molecule has 0 spiro atoms. The zero-order chi connectivity index (χ0) is 12.4. The van der Waals surface area contributed by atoms with Crippen LogP contribution in [0.2, 0.25) is 15.3 Å². The molecular weight excluding hydrogens is 284 g/mol. The molecule has 0 fully saturated rings. The lowest BCUT2D eigenvalue weighted by Crippen LogP contribution is -1.97. The lowest BCUT2D eigenvalue weighted by molar-refractivity contribution is 0.464. The van der Waals surface area contributed by atoms with E-state index in [0.717, 1.165) is 0 Å². The molecule has 0 atom stereocenters. The first-order chi connectivity index (χ1) is 8.06. The number of hydrogen-bond donors (Lipinski definition) is 1. The Hall–Kier alpha value is -1.23. The second-order valence-corrected chi connectivity index (χ2v) is 4.26. The predicted molar refractivity (Wildman–Crippen MR) is 68.0 cm³/mol. The summed E-state index contributed by atoms with van der Waals surface area (Å²) in [5.41, 5.74) is 5.90. The van der Waals surface area contributed by atoms with Crippen LogP contribution in [-0.2, 0) is 0 Å². The van der Waals surface area contributed by atoms with Crippen molar-refractivity contribution in [3.05, 3.63) is 39.7 Å². The van der Waals surface area contributed by atoms with Gasteiger partial charge in [0.25, 0.3) is 0 Å². The van der Waals surface area contributed by atoms with E-state index < -0.39 is 0 Å². The van der Waals surface area contributed by atoms with Gasteiger partial charge in [0.1, 0.15) is 11.4 Å². The van der Waals surface area contributed by atoms with Gasteiger partial charge in [-0.05, 0) is 23.7 Å². The normalized spacial score (nSPS) is 10.3. The Bertz CT molecular complexity index is 513.